The van der Waals surface area contributed by atoms with Crippen molar-refractivity contribution in [3.05, 3.63) is 29.8 Å². The third kappa shape index (κ3) is 3.32. The molecule has 0 amide bonds. The highest BCUT2D eigenvalue weighted by molar-refractivity contribution is 5.98. The number of benzene rings is 1. The zero-order valence-electron chi connectivity index (χ0n) is 11.5. The molecule has 1 aromatic carbocycles. The zero-order chi connectivity index (χ0) is 15.0. The molecule has 1 saturated carbocycles. The molecule has 1 aliphatic rings. The van der Waals surface area contributed by atoms with Crippen LogP contribution in [0.5, 0.6) is 5.75 Å². The monoisotopic (exact) mass is 286 g/mol. The van der Waals surface area contributed by atoms with Gasteiger partial charge in [0.15, 0.2) is 5.78 Å². The SMILES string of the molecule is CC1(C)CCCC1C(=O)c1cccc(OC(F)(F)F)c1. The van der Waals surface area contributed by atoms with Gasteiger partial charge in [-0.15, -0.1) is 13.2 Å². The van der Waals surface area contributed by atoms with Gasteiger partial charge in [-0.1, -0.05) is 32.4 Å². The van der Waals surface area contributed by atoms with Crippen LogP contribution in [0, 0.1) is 11.3 Å². The fraction of sp³-hybridized carbons (Fsp3) is 0.533. The van der Waals surface area contributed by atoms with E-state index in [0.29, 0.717) is 0 Å². The summed E-state index contributed by atoms with van der Waals surface area (Å²) in [6.07, 6.45) is -2.02. The van der Waals surface area contributed by atoms with E-state index in [1.165, 1.54) is 18.2 Å². The van der Waals surface area contributed by atoms with Crippen LogP contribution in [-0.4, -0.2) is 12.1 Å². The highest BCUT2D eigenvalue weighted by atomic mass is 19.4. The molecule has 0 spiro atoms. The number of ether oxygens (including phenoxy) is 1. The van der Waals surface area contributed by atoms with Crippen molar-refractivity contribution in [2.24, 2.45) is 11.3 Å². The summed E-state index contributed by atoms with van der Waals surface area (Å²) in [6.45, 7) is 4.05. The number of carbonyl (C=O) groups excluding carboxylic acids is 1. The van der Waals surface area contributed by atoms with Gasteiger partial charge in [0.2, 0.25) is 0 Å². The van der Waals surface area contributed by atoms with Crippen LogP contribution in [0.25, 0.3) is 0 Å². The second-order valence-corrected chi connectivity index (χ2v) is 5.87. The topological polar surface area (TPSA) is 26.3 Å². The number of carbonyl (C=O) groups is 1. The van der Waals surface area contributed by atoms with Gasteiger partial charge >= 0.3 is 6.36 Å². The maximum Gasteiger partial charge on any atom is 0.573 e. The van der Waals surface area contributed by atoms with E-state index in [1.807, 2.05) is 13.8 Å². The Balaban J connectivity index is 2.21. The van der Waals surface area contributed by atoms with Crippen molar-refractivity contribution in [2.75, 3.05) is 0 Å². The van der Waals surface area contributed by atoms with Gasteiger partial charge < -0.3 is 4.74 Å². The first-order valence-corrected chi connectivity index (χ1v) is 6.59. The average molecular weight is 286 g/mol. The molecule has 2 nitrogen and oxygen atoms in total. The molecule has 1 aromatic rings. The van der Waals surface area contributed by atoms with Gasteiger partial charge in [-0.05, 0) is 30.4 Å². The number of alkyl halides is 3. The Labute approximate surface area is 115 Å². The van der Waals surface area contributed by atoms with Gasteiger partial charge in [0.25, 0.3) is 0 Å². The molecule has 0 radical (unpaired) electrons. The summed E-state index contributed by atoms with van der Waals surface area (Å²) in [5.74, 6) is -0.581. The number of halogens is 3. The molecule has 1 unspecified atom stereocenters. The van der Waals surface area contributed by atoms with Crippen LogP contribution in [0.4, 0.5) is 13.2 Å². The Kier molecular flexibility index (Phi) is 3.80. The second-order valence-electron chi connectivity index (χ2n) is 5.87. The molecule has 1 aliphatic carbocycles. The summed E-state index contributed by atoms with van der Waals surface area (Å²) in [7, 11) is 0. The average Bonchev–Trinajstić information content (AvgIpc) is 2.66. The van der Waals surface area contributed by atoms with E-state index in [2.05, 4.69) is 4.74 Å². The van der Waals surface area contributed by atoms with Crippen molar-refractivity contribution in [3.8, 4) is 5.75 Å². The molecule has 110 valence electrons. The number of rotatable bonds is 3. The van der Waals surface area contributed by atoms with Gasteiger partial charge in [-0.25, -0.2) is 0 Å². The van der Waals surface area contributed by atoms with Crippen molar-refractivity contribution in [2.45, 2.75) is 39.5 Å². The first-order valence-electron chi connectivity index (χ1n) is 6.59. The second kappa shape index (κ2) is 5.11. The lowest BCUT2D eigenvalue weighted by molar-refractivity contribution is -0.274. The van der Waals surface area contributed by atoms with E-state index >= 15 is 0 Å². The van der Waals surface area contributed by atoms with E-state index in [9.17, 15) is 18.0 Å². The van der Waals surface area contributed by atoms with Gasteiger partial charge in [0.05, 0.1) is 0 Å². The minimum atomic E-state index is -4.74. The van der Waals surface area contributed by atoms with E-state index in [1.54, 1.807) is 6.07 Å². The van der Waals surface area contributed by atoms with Crippen LogP contribution in [0.15, 0.2) is 24.3 Å². The quantitative estimate of drug-likeness (QED) is 0.759. The molecular formula is C15H17F3O2. The predicted octanol–water partition coefficient (Wildman–Crippen LogP) is 4.59. The number of ketones is 1. The molecule has 0 aromatic heterocycles. The normalized spacial score (nSPS) is 21.8. The van der Waals surface area contributed by atoms with Crippen molar-refractivity contribution in [1.82, 2.24) is 0 Å². The molecule has 1 fully saturated rings. The highest BCUT2D eigenvalue weighted by Gasteiger charge is 2.39. The minimum absolute atomic E-state index is 0.0971. The summed E-state index contributed by atoms with van der Waals surface area (Å²) >= 11 is 0. The van der Waals surface area contributed by atoms with Crippen LogP contribution in [0.3, 0.4) is 0 Å². The van der Waals surface area contributed by atoms with E-state index in [-0.39, 0.29) is 28.4 Å². The Morgan fingerprint density at radius 1 is 1.35 bits per heavy atom. The van der Waals surface area contributed by atoms with E-state index in [4.69, 9.17) is 0 Å². The highest BCUT2D eigenvalue weighted by Crippen LogP contribution is 2.44. The number of Topliss-reactive ketones (excluding diaryl/α,β-unsaturated/α-hetero) is 1. The number of hydrogen-bond acceptors (Lipinski definition) is 2. The largest absolute Gasteiger partial charge is 0.573 e. The Bertz CT molecular complexity index is 506. The van der Waals surface area contributed by atoms with Crippen molar-refractivity contribution < 1.29 is 22.7 Å². The molecular weight excluding hydrogens is 269 g/mol. The fourth-order valence-electron chi connectivity index (χ4n) is 2.86. The summed E-state index contributed by atoms with van der Waals surface area (Å²) < 4.78 is 40.4. The first kappa shape index (κ1) is 14.9. The third-order valence-electron chi connectivity index (χ3n) is 3.93. The molecule has 2 rings (SSSR count). The number of hydrogen-bond donors (Lipinski definition) is 0. The predicted molar refractivity (Wildman–Crippen MR) is 68.6 cm³/mol. The fourth-order valence-corrected chi connectivity index (χ4v) is 2.86. The zero-order valence-corrected chi connectivity index (χ0v) is 11.5. The molecule has 0 N–H and O–H groups in total. The van der Waals surface area contributed by atoms with E-state index in [0.717, 1.165) is 19.3 Å². The van der Waals surface area contributed by atoms with Crippen molar-refractivity contribution in [1.29, 1.82) is 0 Å². The van der Waals surface area contributed by atoms with Crippen LogP contribution >= 0.6 is 0 Å². The molecule has 5 heteroatoms. The van der Waals surface area contributed by atoms with Crippen LogP contribution < -0.4 is 4.74 Å². The molecule has 0 heterocycles. The van der Waals surface area contributed by atoms with Crippen molar-refractivity contribution in [3.63, 3.8) is 0 Å². The summed E-state index contributed by atoms with van der Waals surface area (Å²) in [5, 5.41) is 0. The Hall–Kier alpha value is -1.52. The minimum Gasteiger partial charge on any atom is -0.406 e. The maximum absolute atomic E-state index is 12.4. The van der Waals surface area contributed by atoms with Gasteiger partial charge in [-0.2, -0.15) is 0 Å². The lowest BCUT2D eigenvalue weighted by Crippen LogP contribution is -2.26. The Morgan fingerprint density at radius 3 is 2.60 bits per heavy atom. The summed E-state index contributed by atoms with van der Waals surface area (Å²) in [5.41, 5.74) is 0.185. The lowest BCUT2D eigenvalue weighted by Gasteiger charge is -2.25. The summed E-state index contributed by atoms with van der Waals surface area (Å²) in [4.78, 5) is 12.4. The third-order valence-corrected chi connectivity index (χ3v) is 3.93. The van der Waals surface area contributed by atoms with Crippen molar-refractivity contribution >= 4 is 5.78 Å². The van der Waals surface area contributed by atoms with E-state index < -0.39 is 6.36 Å². The van der Waals surface area contributed by atoms with Crippen LogP contribution in [-0.2, 0) is 0 Å². The smallest absolute Gasteiger partial charge is 0.406 e. The maximum atomic E-state index is 12.4. The molecule has 0 saturated heterocycles. The van der Waals surface area contributed by atoms with Crippen LogP contribution in [0.2, 0.25) is 0 Å². The molecule has 1 atom stereocenters. The standard InChI is InChI=1S/C15H17F3O2/c1-14(2)8-4-7-12(14)13(19)10-5-3-6-11(9-10)20-15(16,17)18/h3,5-6,9,12H,4,7-8H2,1-2H3. The molecule has 0 aliphatic heterocycles. The molecule has 0 bridgehead atoms. The molecule has 20 heavy (non-hydrogen) atoms. The van der Waals surface area contributed by atoms with Gasteiger partial charge in [-0.3, -0.25) is 4.79 Å². The first-order chi connectivity index (χ1) is 9.19. The summed E-state index contributed by atoms with van der Waals surface area (Å²) in [6, 6.07) is 5.32. The van der Waals surface area contributed by atoms with Gasteiger partial charge in [0.1, 0.15) is 5.75 Å². The lowest BCUT2D eigenvalue weighted by atomic mass is 9.78. The Morgan fingerprint density at radius 2 is 2.05 bits per heavy atom. The van der Waals surface area contributed by atoms with Gasteiger partial charge in [0, 0.05) is 11.5 Å². The van der Waals surface area contributed by atoms with Crippen LogP contribution in [0.1, 0.15) is 43.5 Å².